The molecule has 0 bridgehead atoms. The molecule has 0 saturated carbocycles. The second-order valence-corrected chi connectivity index (χ2v) is 4.91. The first kappa shape index (κ1) is 17.1. The van der Waals surface area contributed by atoms with Crippen molar-refractivity contribution in [2.45, 2.75) is 20.4 Å². The Bertz CT molecular complexity index is 302. The zero-order valence-corrected chi connectivity index (χ0v) is 12.7. The van der Waals surface area contributed by atoms with Crippen LogP contribution in [0.4, 0.5) is 0 Å². The van der Waals surface area contributed by atoms with Gasteiger partial charge in [-0.25, -0.2) is 0 Å². The lowest BCUT2D eigenvalue weighted by atomic mass is 10.1. The third kappa shape index (κ3) is 6.52. The number of alkyl halides is 2. The molecule has 0 spiro atoms. The summed E-state index contributed by atoms with van der Waals surface area (Å²) in [4.78, 5) is 2.29. The van der Waals surface area contributed by atoms with Crippen LogP contribution >= 0.6 is 35.6 Å². The number of aryl methyl sites for hydroxylation is 2. The summed E-state index contributed by atoms with van der Waals surface area (Å²) in [6, 6.07) is 6.64. The van der Waals surface area contributed by atoms with E-state index < -0.39 is 0 Å². The minimum Gasteiger partial charge on any atom is -0.297 e. The van der Waals surface area contributed by atoms with Crippen LogP contribution in [0.25, 0.3) is 0 Å². The van der Waals surface area contributed by atoms with E-state index in [2.05, 4.69) is 36.9 Å². The summed E-state index contributed by atoms with van der Waals surface area (Å²) < 4.78 is 0. The van der Waals surface area contributed by atoms with Crippen molar-refractivity contribution in [1.82, 2.24) is 4.90 Å². The average Bonchev–Trinajstić information content (AvgIpc) is 2.16. The predicted octanol–water partition coefficient (Wildman–Crippen LogP) is 4.00. The molecule has 0 heterocycles. The van der Waals surface area contributed by atoms with Gasteiger partial charge in [-0.1, -0.05) is 29.3 Å². The number of hydrogen-bond donors (Lipinski definition) is 0. The number of halogens is 3. The Labute approximate surface area is 121 Å². The van der Waals surface area contributed by atoms with Gasteiger partial charge in [0, 0.05) is 31.4 Å². The van der Waals surface area contributed by atoms with Crippen molar-refractivity contribution >= 4 is 35.6 Å². The van der Waals surface area contributed by atoms with E-state index in [0.717, 1.165) is 19.6 Å². The monoisotopic (exact) mass is 295 g/mol. The zero-order chi connectivity index (χ0) is 12.0. The molecule has 4 heteroatoms. The van der Waals surface area contributed by atoms with Crippen LogP contribution in [0.5, 0.6) is 0 Å². The number of nitrogens with zero attached hydrogens (tertiary/aromatic N) is 1. The maximum atomic E-state index is 5.78. The Balaban J connectivity index is 0.00000256. The minimum atomic E-state index is 0. The molecule has 1 rings (SSSR count). The molecule has 0 aliphatic heterocycles. The highest BCUT2D eigenvalue weighted by molar-refractivity contribution is 6.18. The summed E-state index contributed by atoms with van der Waals surface area (Å²) in [6.45, 7) is 6.97. The van der Waals surface area contributed by atoms with Crippen LogP contribution in [0.3, 0.4) is 0 Å². The zero-order valence-electron chi connectivity index (χ0n) is 10.4. The summed E-state index contributed by atoms with van der Waals surface area (Å²) in [6.07, 6.45) is 0. The molecule has 0 radical (unpaired) electrons. The van der Waals surface area contributed by atoms with Crippen LogP contribution in [0, 0.1) is 13.8 Å². The average molecular weight is 297 g/mol. The van der Waals surface area contributed by atoms with Gasteiger partial charge in [0.05, 0.1) is 0 Å². The fourth-order valence-corrected chi connectivity index (χ4v) is 2.41. The molecule has 0 amide bonds. The second-order valence-electron chi connectivity index (χ2n) is 4.15. The van der Waals surface area contributed by atoms with Gasteiger partial charge in [0.25, 0.3) is 0 Å². The molecule has 1 nitrogen and oxygen atoms in total. The van der Waals surface area contributed by atoms with Crippen LogP contribution in [0.15, 0.2) is 18.2 Å². The van der Waals surface area contributed by atoms with Gasteiger partial charge in [-0.2, -0.15) is 0 Å². The molecule has 0 unspecified atom stereocenters. The van der Waals surface area contributed by atoms with E-state index in [0.29, 0.717) is 11.8 Å². The molecule has 98 valence electrons. The van der Waals surface area contributed by atoms with Crippen molar-refractivity contribution < 1.29 is 0 Å². The van der Waals surface area contributed by atoms with Gasteiger partial charge in [-0.05, 0) is 19.4 Å². The summed E-state index contributed by atoms with van der Waals surface area (Å²) in [7, 11) is 0. The molecule has 17 heavy (non-hydrogen) atoms. The first-order valence-corrected chi connectivity index (χ1v) is 6.64. The van der Waals surface area contributed by atoms with Crippen molar-refractivity contribution in [2.75, 3.05) is 24.8 Å². The van der Waals surface area contributed by atoms with Crippen LogP contribution < -0.4 is 0 Å². The molecule has 0 fully saturated rings. The van der Waals surface area contributed by atoms with Gasteiger partial charge < -0.3 is 0 Å². The molecule has 0 N–H and O–H groups in total. The predicted molar refractivity (Wildman–Crippen MR) is 79.9 cm³/mol. The highest BCUT2D eigenvalue weighted by Gasteiger charge is 2.05. The Hall–Kier alpha value is 0.0500. The smallest absolute Gasteiger partial charge is 0.0351 e. The lowest BCUT2D eigenvalue weighted by molar-refractivity contribution is 0.299. The van der Waals surface area contributed by atoms with Crippen LogP contribution in [-0.4, -0.2) is 29.7 Å². The van der Waals surface area contributed by atoms with Gasteiger partial charge in [-0.15, -0.1) is 35.6 Å². The van der Waals surface area contributed by atoms with Crippen molar-refractivity contribution in [3.63, 3.8) is 0 Å². The molecule has 0 saturated heterocycles. The van der Waals surface area contributed by atoms with Gasteiger partial charge in [0.15, 0.2) is 0 Å². The van der Waals surface area contributed by atoms with Crippen LogP contribution in [0.2, 0.25) is 0 Å². The summed E-state index contributed by atoms with van der Waals surface area (Å²) in [5, 5.41) is 0. The maximum absolute atomic E-state index is 5.78. The standard InChI is InChI=1S/C13H19Cl2N.ClH/c1-11-7-12(2)9-13(8-11)10-16(5-3-14)6-4-15;/h7-9H,3-6,10H2,1-2H3;1H. The third-order valence-corrected chi connectivity index (χ3v) is 2.83. The van der Waals surface area contributed by atoms with Crippen LogP contribution in [-0.2, 0) is 6.54 Å². The van der Waals surface area contributed by atoms with E-state index in [1.165, 1.54) is 16.7 Å². The molecule has 0 aliphatic rings. The number of rotatable bonds is 6. The summed E-state index contributed by atoms with van der Waals surface area (Å²) in [5.41, 5.74) is 3.96. The largest absolute Gasteiger partial charge is 0.297 e. The number of benzene rings is 1. The normalized spacial score (nSPS) is 10.4. The van der Waals surface area contributed by atoms with Gasteiger partial charge in [0.1, 0.15) is 0 Å². The van der Waals surface area contributed by atoms with Gasteiger partial charge >= 0.3 is 0 Å². The highest BCUT2D eigenvalue weighted by Crippen LogP contribution is 2.11. The molecule has 0 atom stereocenters. The SMILES string of the molecule is Cc1cc(C)cc(CN(CCCl)CCCl)c1.Cl. The molecule has 0 aromatic heterocycles. The topological polar surface area (TPSA) is 3.24 Å². The van der Waals surface area contributed by atoms with Crippen molar-refractivity contribution in [2.24, 2.45) is 0 Å². The second kappa shape index (κ2) is 9.04. The molecular formula is C13H20Cl3N. The van der Waals surface area contributed by atoms with E-state index in [-0.39, 0.29) is 12.4 Å². The molecular weight excluding hydrogens is 277 g/mol. The van der Waals surface area contributed by atoms with Crippen molar-refractivity contribution in [3.05, 3.63) is 34.9 Å². The van der Waals surface area contributed by atoms with E-state index in [4.69, 9.17) is 23.2 Å². The minimum absolute atomic E-state index is 0. The highest BCUT2D eigenvalue weighted by atomic mass is 35.5. The van der Waals surface area contributed by atoms with E-state index in [1.807, 2.05) is 0 Å². The van der Waals surface area contributed by atoms with Gasteiger partial charge in [0.2, 0.25) is 0 Å². The fraction of sp³-hybridized carbons (Fsp3) is 0.538. The maximum Gasteiger partial charge on any atom is 0.0351 e. The Morgan fingerprint density at radius 3 is 1.82 bits per heavy atom. The molecule has 1 aromatic rings. The molecule has 1 aromatic carbocycles. The van der Waals surface area contributed by atoms with Gasteiger partial charge in [-0.3, -0.25) is 4.90 Å². The van der Waals surface area contributed by atoms with E-state index >= 15 is 0 Å². The Morgan fingerprint density at radius 2 is 1.41 bits per heavy atom. The quantitative estimate of drug-likeness (QED) is 0.717. The Kier molecular flexibility index (Phi) is 9.07. The number of hydrogen-bond acceptors (Lipinski definition) is 1. The third-order valence-electron chi connectivity index (χ3n) is 2.49. The van der Waals surface area contributed by atoms with Crippen LogP contribution in [0.1, 0.15) is 16.7 Å². The first-order valence-electron chi connectivity index (χ1n) is 5.57. The van der Waals surface area contributed by atoms with Crippen molar-refractivity contribution in [3.8, 4) is 0 Å². The lowest BCUT2D eigenvalue weighted by Crippen LogP contribution is -2.27. The summed E-state index contributed by atoms with van der Waals surface area (Å²) in [5.74, 6) is 1.31. The first-order chi connectivity index (χ1) is 7.65. The molecule has 0 aliphatic carbocycles. The lowest BCUT2D eigenvalue weighted by Gasteiger charge is -2.20. The summed E-state index contributed by atoms with van der Waals surface area (Å²) >= 11 is 11.6. The van der Waals surface area contributed by atoms with E-state index in [1.54, 1.807) is 0 Å². The van der Waals surface area contributed by atoms with Crippen molar-refractivity contribution in [1.29, 1.82) is 0 Å². The fourth-order valence-electron chi connectivity index (χ4n) is 1.93. The van der Waals surface area contributed by atoms with E-state index in [9.17, 15) is 0 Å². The Morgan fingerprint density at radius 1 is 0.941 bits per heavy atom.